The summed E-state index contributed by atoms with van der Waals surface area (Å²) < 4.78 is 5.03. The molecule has 0 unspecified atom stereocenters. The van der Waals surface area contributed by atoms with Crippen molar-refractivity contribution in [2.75, 3.05) is 6.61 Å². The number of aromatic amines is 1. The molecule has 5 heteroatoms. The molecule has 1 aromatic carbocycles. The summed E-state index contributed by atoms with van der Waals surface area (Å²) in [6.45, 7) is -0.0562. The molecule has 2 N–H and O–H groups in total. The van der Waals surface area contributed by atoms with Gasteiger partial charge in [-0.1, -0.05) is 11.6 Å². The van der Waals surface area contributed by atoms with Crippen molar-refractivity contribution in [3.05, 3.63) is 58.9 Å². The fourth-order valence-corrected chi connectivity index (χ4v) is 1.53. The van der Waals surface area contributed by atoms with E-state index in [0.29, 0.717) is 16.1 Å². The Morgan fingerprint density at radius 1 is 1.22 bits per heavy atom. The summed E-state index contributed by atoms with van der Waals surface area (Å²) in [6, 6.07) is 8.17. The van der Waals surface area contributed by atoms with Crippen LogP contribution in [-0.4, -0.2) is 23.3 Å². The average Bonchev–Trinajstić information content (AvgIpc) is 2.90. The first-order valence-corrected chi connectivity index (χ1v) is 5.68. The third-order valence-electron chi connectivity index (χ3n) is 2.37. The van der Waals surface area contributed by atoms with Crippen molar-refractivity contribution in [3.8, 4) is 0 Å². The van der Waals surface area contributed by atoms with Crippen LogP contribution in [0.2, 0.25) is 5.02 Å². The zero-order valence-corrected chi connectivity index (χ0v) is 10.2. The summed E-state index contributed by atoms with van der Waals surface area (Å²) in [4.78, 5) is 14.5. The summed E-state index contributed by atoms with van der Waals surface area (Å²) in [5.41, 5.74) is 1.37. The van der Waals surface area contributed by atoms with Crippen molar-refractivity contribution >= 4 is 23.3 Å². The predicted octanol–water partition coefficient (Wildman–Crippen LogP) is 2.89. The first-order valence-electron chi connectivity index (χ1n) is 5.30. The molecule has 0 amide bonds. The summed E-state index contributed by atoms with van der Waals surface area (Å²) in [5, 5.41) is 8.28. The van der Waals surface area contributed by atoms with Gasteiger partial charge in [0, 0.05) is 23.0 Å². The fourth-order valence-electron chi connectivity index (χ4n) is 1.40. The van der Waals surface area contributed by atoms with Crippen molar-refractivity contribution < 1.29 is 9.53 Å². The topological polar surface area (TPSA) is 65.9 Å². The number of nitrogens with one attached hydrogen (secondary N) is 2. The maximum Gasteiger partial charge on any atom is 0.338 e. The van der Waals surface area contributed by atoms with Gasteiger partial charge in [-0.25, -0.2) is 4.79 Å². The molecule has 18 heavy (non-hydrogen) atoms. The fraction of sp³-hybridized carbons (Fsp3) is 0.0769. The third-order valence-corrected chi connectivity index (χ3v) is 2.63. The molecule has 0 aliphatic carbocycles. The minimum Gasteiger partial charge on any atom is -0.456 e. The van der Waals surface area contributed by atoms with Crippen LogP contribution in [0.1, 0.15) is 15.9 Å². The maximum atomic E-state index is 11.7. The van der Waals surface area contributed by atoms with Crippen LogP contribution in [0.5, 0.6) is 0 Å². The van der Waals surface area contributed by atoms with E-state index in [1.807, 2.05) is 0 Å². The van der Waals surface area contributed by atoms with E-state index in [-0.39, 0.29) is 12.3 Å². The molecule has 2 rings (SSSR count). The molecule has 0 aliphatic heterocycles. The first kappa shape index (κ1) is 12.4. The van der Waals surface area contributed by atoms with Gasteiger partial charge < -0.3 is 15.1 Å². The zero-order chi connectivity index (χ0) is 13.0. The average molecular weight is 263 g/mol. The van der Waals surface area contributed by atoms with Gasteiger partial charge in [-0.2, -0.15) is 0 Å². The lowest BCUT2D eigenvalue weighted by atomic mass is 10.2. The van der Waals surface area contributed by atoms with E-state index >= 15 is 0 Å². The van der Waals surface area contributed by atoms with Gasteiger partial charge in [-0.3, -0.25) is 0 Å². The van der Waals surface area contributed by atoms with E-state index in [2.05, 4.69) is 4.98 Å². The number of ether oxygens (including phenoxy) is 1. The van der Waals surface area contributed by atoms with Crippen LogP contribution in [0.3, 0.4) is 0 Å². The number of carbonyl (C=O) groups is 1. The molecule has 0 spiro atoms. The molecule has 0 saturated heterocycles. The Morgan fingerprint density at radius 3 is 2.56 bits per heavy atom. The summed E-state index contributed by atoms with van der Waals surface area (Å²) >= 11 is 5.72. The monoisotopic (exact) mass is 262 g/mol. The van der Waals surface area contributed by atoms with Gasteiger partial charge in [0.1, 0.15) is 6.61 Å². The largest absolute Gasteiger partial charge is 0.456 e. The zero-order valence-electron chi connectivity index (χ0n) is 9.44. The Kier molecular flexibility index (Phi) is 3.79. The minimum absolute atomic E-state index is 0.0562. The van der Waals surface area contributed by atoms with E-state index in [9.17, 15) is 4.79 Å². The molecule has 2 aromatic rings. The van der Waals surface area contributed by atoms with Crippen LogP contribution in [0.4, 0.5) is 0 Å². The number of esters is 1. The molecule has 0 saturated carbocycles. The molecule has 0 bridgehead atoms. The van der Waals surface area contributed by atoms with E-state index in [0.717, 1.165) is 0 Å². The van der Waals surface area contributed by atoms with Crippen LogP contribution in [0, 0.1) is 5.41 Å². The maximum absolute atomic E-state index is 11.7. The standard InChI is InChI=1S/C13H11ClN2O2/c14-11-3-1-9(2-4-11)13(17)18-8-12(15)10-5-6-16-7-10/h1-7,15-16H,8H2. The highest BCUT2D eigenvalue weighted by atomic mass is 35.5. The lowest BCUT2D eigenvalue weighted by Crippen LogP contribution is -2.13. The molecule has 0 aliphatic rings. The van der Waals surface area contributed by atoms with Crippen molar-refractivity contribution in [3.63, 3.8) is 0 Å². The van der Waals surface area contributed by atoms with Crippen LogP contribution in [-0.2, 0) is 4.74 Å². The molecule has 92 valence electrons. The number of benzene rings is 1. The van der Waals surface area contributed by atoms with Gasteiger partial charge in [0.15, 0.2) is 0 Å². The number of aromatic nitrogens is 1. The molecule has 1 heterocycles. The van der Waals surface area contributed by atoms with E-state index in [1.165, 1.54) is 0 Å². The molecular weight excluding hydrogens is 252 g/mol. The Bertz CT molecular complexity index is 547. The van der Waals surface area contributed by atoms with Crippen molar-refractivity contribution in [2.45, 2.75) is 0 Å². The van der Waals surface area contributed by atoms with Crippen molar-refractivity contribution in [1.29, 1.82) is 5.41 Å². The molecular formula is C13H11ClN2O2. The normalized spacial score (nSPS) is 10.1. The molecule has 0 atom stereocenters. The SMILES string of the molecule is N=C(COC(=O)c1ccc(Cl)cc1)c1cc[nH]c1. The molecule has 4 nitrogen and oxygen atoms in total. The molecule has 0 fully saturated rings. The van der Waals surface area contributed by atoms with Crippen LogP contribution >= 0.6 is 11.6 Å². The van der Waals surface area contributed by atoms with Crippen LogP contribution in [0.25, 0.3) is 0 Å². The highest BCUT2D eigenvalue weighted by Gasteiger charge is 2.09. The Labute approximate surface area is 109 Å². The number of rotatable bonds is 4. The van der Waals surface area contributed by atoms with Gasteiger partial charge >= 0.3 is 5.97 Å². The van der Waals surface area contributed by atoms with Crippen LogP contribution < -0.4 is 0 Å². The van der Waals surface area contributed by atoms with Gasteiger partial charge in [0.25, 0.3) is 0 Å². The van der Waals surface area contributed by atoms with Crippen molar-refractivity contribution in [1.82, 2.24) is 4.98 Å². The van der Waals surface area contributed by atoms with E-state index in [1.54, 1.807) is 42.7 Å². The van der Waals surface area contributed by atoms with Crippen molar-refractivity contribution in [2.24, 2.45) is 0 Å². The van der Waals surface area contributed by atoms with Gasteiger partial charge in [0.05, 0.1) is 11.3 Å². The highest BCUT2D eigenvalue weighted by molar-refractivity contribution is 6.30. The van der Waals surface area contributed by atoms with E-state index < -0.39 is 5.97 Å². The molecule has 1 aromatic heterocycles. The Hall–Kier alpha value is -2.07. The van der Waals surface area contributed by atoms with Crippen LogP contribution in [0.15, 0.2) is 42.7 Å². The minimum atomic E-state index is -0.466. The summed E-state index contributed by atoms with van der Waals surface area (Å²) in [6.07, 6.45) is 3.39. The number of carbonyl (C=O) groups excluding carboxylic acids is 1. The summed E-state index contributed by atoms with van der Waals surface area (Å²) in [7, 11) is 0. The highest BCUT2D eigenvalue weighted by Crippen LogP contribution is 2.10. The lowest BCUT2D eigenvalue weighted by molar-refractivity contribution is 0.0563. The van der Waals surface area contributed by atoms with Gasteiger partial charge in [-0.15, -0.1) is 0 Å². The second-order valence-corrected chi connectivity index (χ2v) is 4.10. The number of hydrogen-bond acceptors (Lipinski definition) is 3. The number of hydrogen-bond donors (Lipinski definition) is 2. The molecule has 0 radical (unpaired) electrons. The Balaban J connectivity index is 1.92. The second kappa shape index (κ2) is 5.51. The number of H-pyrrole nitrogens is 1. The first-order chi connectivity index (χ1) is 8.66. The summed E-state index contributed by atoms with van der Waals surface area (Å²) in [5.74, 6) is -0.466. The van der Waals surface area contributed by atoms with Gasteiger partial charge in [-0.05, 0) is 30.3 Å². The smallest absolute Gasteiger partial charge is 0.338 e. The quantitative estimate of drug-likeness (QED) is 0.657. The Morgan fingerprint density at radius 2 is 1.94 bits per heavy atom. The predicted molar refractivity (Wildman–Crippen MR) is 69.4 cm³/mol. The van der Waals surface area contributed by atoms with Gasteiger partial charge in [0.2, 0.25) is 0 Å². The van der Waals surface area contributed by atoms with E-state index in [4.69, 9.17) is 21.7 Å². The third kappa shape index (κ3) is 2.99. The second-order valence-electron chi connectivity index (χ2n) is 3.66. The number of halogens is 1. The lowest BCUT2D eigenvalue weighted by Gasteiger charge is -2.05.